The number of carbonyl (C=O) groups is 1. The molecule has 2 aromatic heterocycles. The molecule has 2 radical (unpaired) electrons. The number of nitrogens with one attached hydrogen (secondary N) is 1. The van der Waals surface area contributed by atoms with Gasteiger partial charge in [-0.15, -0.1) is 0 Å². The molecular formula is C20H12BClFN3O2. The summed E-state index contributed by atoms with van der Waals surface area (Å²) in [6.45, 7) is 1.73. The van der Waals surface area contributed by atoms with Crippen LogP contribution in [0.2, 0.25) is 5.02 Å². The molecule has 28 heavy (non-hydrogen) atoms. The molecule has 5 nitrogen and oxygen atoms in total. The number of fused-ring (bicyclic) bond motifs is 1. The highest BCUT2D eigenvalue weighted by Crippen LogP contribution is 2.31. The molecule has 0 bridgehead atoms. The van der Waals surface area contributed by atoms with E-state index in [1.54, 1.807) is 37.3 Å². The van der Waals surface area contributed by atoms with Crippen molar-refractivity contribution < 1.29 is 13.6 Å². The second kappa shape index (κ2) is 7.09. The zero-order valence-corrected chi connectivity index (χ0v) is 15.4. The van der Waals surface area contributed by atoms with E-state index in [9.17, 15) is 9.18 Å². The third kappa shape index (κ3) is 3.36. The number of aromatic nitrogens is 2. The van der Waals surface area contributed by atoms with Gasteiger partial charge in [0, 0.05) is 17.4 Å². The predicted molar refractivity (Wildman–Crippen MR) is 107 cm³/mol. The number of carbonyl (C=O) groups excluding carboxylic acids is 1. The maximum atomic E-state index is 14.3. The van der Waals surface area contributed by atoms with Gasteiger partial charge in [-0.2, -0.15) is 4.98 Å². The Bertz CT molecular complexity index is 1230. The predicted octanol–water partition coefficient (Wildman–Crippen LogP) is 4.04. The zero-order chi connectivity index (χ0) is 19.8. The Hall–Kier alpha value is -3.19. The van der Waals surface area contributed by atoms with Crippen LogP contribution in [0, 0.1) is 12.7 Å². The van der Waals surface area contributed by atoms with Crippen LogP contribution < -0.4 is 10.8 Å². The number of benzene rings is 2. The molecule has 136 valence electrons. The summed E-state index contributed by atoms with van der Waals surface area (Å²) in [7, 11) is 5.70. The average molecular weight is 392 g/mol. The molecule has 0 unspecified atom stereocenters. The van der Waals surface area contributed by atoms with E-state index in [1.165, 1.54) is 18.3 Å². The Balaban J connectivity index is 1.75. The summed E-state index contributed by atoms with van der Waals surface area (Å²) in [6, 6.07) is 10.7. The molecule has 0 aliphatic rings. The number of rotatable bonds is 3. The Morgan fingerprint density at radius 2 is 2.04 bits per heavy atom. The average Bonchev–Trinajstić information content (AvgIpc) is 3.07. The van der Waals surface area contributed by atoms with E-state index in [0.29, 0.717) is 32.8 Å². The van der Waals surface area contributed by atoms with Crippen molar-refractivity contribution in [3.05, 3.63) is 70.6 Å². The molecule has 0 atom stereocenters. The maximum absolute atomic E-state index is 14.3. The summed E-state index contributed by atoms with van der Waals surface area (Å²) >= 11 is 6.06. The van der Waals surface area contributed by atoms with Crippen LogP contribution in [0.1, 0.15) is 15.9 Å². The molecule has 0 saturated carbocycles. The fourth-order valence-corrected chi connectivity index (χ4v) is 3.04. The van der Waals surface area contributed by atoms with E-state index in [4.69, 9.17) is 23.9 Å². The molecular weight excluding hydrogens is 380 g/mol. The highest BCUT2D eigenvalue weighted by molar-refractivity contribution is 6.34. The number of amides is 1. The van der Waals surface area contributed by atoms with E-state index >= 15 is 0 Å². The Labute approximate surface area is 166 Å². The fourth-order valence-electron chi connectivity index (χ4n) is 2.82. The van der Waals surface area contributed by atoms with Gasteiger partial charge in [0.2, 0.25) is 5.89 Å². The van der Waals surface area contributed by atoms with Crippen LogP contribution in [0.25, 0.3) is 22.7 Å². The quantitative estimate of drug-likeness (QED) is 0.535. The van der Waals surface area contributed by atoms with E-state index in [1.807, 2.05) is 0 Å². The lowest BCUT2D eigenvalue weighted by molar-refractivity contribution is 0.102. The SMILES string of the molecule is [B]c1cnc2nc(-c3cc(F)cc(NC(=O)c4ccccc4Cl)c3C)oc2c1. The monoisotopic (exact) mass is 391 g/mol. The first-order valence-electron chi connectivity index (χ1n) is 8.31. The first kappa shape index (κ1) is 18.2. The lowest BCUT2D eigenvalue weighted by Crippen LogP contribution is -2.13. The summed E-state index contributed by atoms with van der Waals surface area (Å²) in [5.74, 6) is -0.819. The van der Waals surface area contributed by atoms with Gasteiger partial charge in [0.15, 0.2) is 11.2 Å². The standard InChI is InChI=1S/C20H12BClFN3O2/c1-10-14(20-26-18-17(28-20)6-11(21)9-24-18)7-12(23)8-16(10)25-19(27)13-4-2-3-5-15(13)22/h2-9H,1H3,(H,25,27). The molecule has 2 heterocycles. The third-order valence-electron chi connectivity index (χ3n) is 4.24. The van der Waals surface area contributed by atoms with Crippen LogP contribution in [0.4, 0.5) is 10.1 Å². The molecule has 4 aromatic rings. The van der Waals surface area contributed by atoms with Crippen molar-refractivity contribution in [2.75, 3.05) is 5.32 Å². The molecule has 0 fully saturated rings. The Morgan fingerprint density at radius 1 is 1.25 bits per heavy atom. The third-order valence-corrected chi connectivity index (χ3v) is 4.57. The molecule has 1 amide bonds. The number of hydrogen-bond donors (Lipinski definition) is 1. The Morgan fingerprint density at radius 3 is 2.82 bits per heavy atom. The first-order valence-corrected chi connectivity index (χ1v) is 8.68. The number of oxazole rings is 1. The van der Waals surface area contributed by atoms with Crippen molar-refractivity contribution in [2.24, 2.45) is 0 Å². The second-order valence-electron chi connectivity index (χ2n) is 6.17. The van der Waals surface area contributed by atoms with Gasteiger partial charge in [-0.25, -0.2) is 9.37 Å². The summed E-state index contributed by atoms with van der Waals surface area (Å²) in [5, 5.41) is 3.00. The van der Waals surface area contributed by atoms with Crippen molar-refractivity contribution in [3.8, 4) is 11.5 Å². The van der Waals surface area contributed by atoms with E-state index in [0.717, 1.165) is 0 Å². The normalized spacial score (nSPS) is 11.0. The molecule has 4 rings (SSSR count). The minimum absolute atomic E-state index is 0.179. The minimum Gasteiger partial charge on any atom is -0.434 e. The highest BCUT2D eigenvalue weighted by Gasteiger charge is 2.18. The number of anilines is 1. The van der Waals surface area contributed by atoms with Crippen LogP contribution in [-0.2, 0) is 0 Å². The number of halogens is 2. The van der Waals surface area contributed by atoms with Gasteiger partial charge in [0.05, 0.1) is 10.6 Å². The van der Waals surface area contributed by atoms with Gasteiger partial charge in [0.1, 0.15) is 13.7 Å². The summed E-state index contributed by atoms with van der Waals surface area (Å²) < 4.78 is 19.9. The van der Waals surface area contributed by atoms with Crippen LogP contribution in [0.15, 0.2) is 53.1 Å². The number of nitrogens with zero attached hydrogens (tertiary/aromatic N) is 2. The lowest BCUT2D eigenvalue weighted by Gasteiger charge is -2.12. The van der Waals surface area contributed by atoms with Gasteiger partial charge in [-0.1, -0.05) is 29.2 Å². The summed E-state index contributed by atoms with van der Waals surface area (Å²) in [6.07, 6.45) is 1.46. The molecule has 0 aliphatic carbocycles. The Kier molecular flexibility index (Phi) is 4.61. The van der Waals surface area contributed by atoms with Gasteiger partial charge in [-0.05, 0) is 42.8 Å². The number of hydrogen-bond acceptors (Lipinski definition) is 4. The zero-order valence-electron chi connectivity index (χ0n) is 14.7. The van der Waals surface area contributed by atoms with E-state index in [2.05, 4.69) is 15.3 Å². The first-order chi connectivity index (χ1) is 13.4. The summed E-state index contributed by atoms with van der Waals surface area (Å²) in [4.78, 5) is 20.9. The largest absolute Gasteiger partial charge is 0.434 e. The van der Waals surface area contributed by atoms with Crippen LogP contribution in [0.3, 0.4) is 0 Å². The highest BCUT2D eigenvalue weighted by atomic mass is 35.5. The second-order valence-corrected chi connectivity index (χ2v) is 6.58. The molecule has 8 heteroatoms. The number of pyridine rings is 1. The van der Waals surface area contributed by atoms with E-state index < -0.39 is 11.7 Å². The van der Waals surface area contributed by atoms with Gasteiger partial charge in [-0.3, -0.25) is 4.79 Å². The van der Waals surface area contributed by atoms with Crippen molar-refractivity contribution in [3.63, 3.8) is 0 Å². The molecule has 1 N–H and O–H groups in total. The van der Waals surface area contributed by atoms with Gasteiger partial charge < -0.3 is 9.73 Å². The van der Waals surface area contributed by atoms with Crippen LogP contribution in [-0.4, -0.2) is 23.7 Å². The van der Waals surface area contributed by atoms with Crippen molar-refractivity contribution >= 4 is 47.7 Å². The van der Waals surface area contributed by atoms with Gasteiger partial charge >= 0.3 is 0 Å². The molecule has 0 aliphatic heterocycles. The van der Waals surface area contributed by atoms with Crippen LogP contribution >= 0.6 is 11.6 Å². The smallest absolute Gasteiger partial charge is 0.257 e. The molecule has 0 spiro atoms. The van der Waals surface area contributed by atoms with E-state index in [-0.39, 0.29) is 17.1 Å². The maximum Gasteiger partial charge on any atom is 0.257 e. The van der Waals surface area contributed by atoms with Crippen molar-refractivity contribution in [2.45, 2.75) is 6.92 Å². The van der Waals surface area contributed by atoms with Gasteiger partial charge in [0.25, 0.3) is 5.91 Å². The topological polar surface area (TPSA) is 68.0 Å². The molecule has 0 saturated heterocycles. The summed E-state index contributed by atoms with van der Waals surface area (Å²) in [5.41, 5.74) is 2.73. The van der Waals surface area contributed by atoms with Crippen LogP contribution in [0.5, 0.6) is 0 Å². The van der Waals surface area contributed by atoms with Crippen molar-refractivity contribution in [1.82, 2.24) is 9.97 Å². The van der Waals surface area contributed by atoms with Crippen molar-refractivity contribution in [1.29, 1.82) is 0 Å². The lowest BCUT2D eigenvalue weighted by atomic mass is 9.99. The minimum atomic E-state index is -0.551. The fraction of sp³-hybridized carbons (Fsp3) is 0.0500. The molecule has 2 aromatic carbocycles.